The van der Waals surface area contributed by atoms with Crippen LogP contribution in [-0.2, 0) is 10.3 Å². The van der Waals surface area contributed by atoms with E-state index in [-0.39, 0.29) is 23.8 Å². The van der Waals surface area contributed by atoms with Crippen molar-refractivity contribution in [3.05, 3.63) is 66.4 Å². The average molecular weight is 473 g/mol. The molecule has 0 saturated heterocycles. The van der Waals surface area contributed by atoms with Crippen LogP contribution in [0, 0.1) is 11.3 Å². The number of primary amides is 1. The number of aromatic nitrogens is 2. The molecule has 0 unspecified atom stereocenters. The fourth-order valence-electron chi connectivity index (χ4n) is 4.67. The summed E-state index contributed by atoms with van der Waals surface area (Å²) in [6.45, 7) is 0. The van der Waals surface area contributed by atoms with E-state index in [4.69, 9.17) is 5.73 Å². The summed E-state index contributed by atoms with van der Waals surface area (Å²) < 4.78 is 6.24. The molecule has 1 saturated carbocycles. The number of para-hydroxylation sites is 1. The monoisotopic (exact) mass is 472 g/mol. The van der Waals surface area contributed by atoms with Crippen LogP contribution in [0.25, 0.3) is 11.1 Å². The summed E-state index contributed by atoms with van der Waals surface area (Å²) in [5.74, 6) is -0.693. The molecular weight excluding hydrogens is 444 g/mol. The molecule has 35 heavy (non-hydrogen) atoms. The van der Waals surface area contributed by atoms with E-state index in [9.17, 15) is 14.9 Å². The molecule has 0 radical (unpaired) electrons. The number of anilines is 2. The van der Waals surface area contributed by atoms with Crippen LogP contribution in [0.15, 0.2) is 60.8 Å². The van der Waals surface area contributed by atoms with Crippen LogP contribution in [0.4, 0.5) is 16.3 Å². The van der Waals surface area contributed by atoms with Gasteiger partial charge in [-0.1, -0.05) is 48.5 Å². The summed E-state index contributed by atoms with van der Waals surface area (Å²) in [5, 5.41) is 20.1. The van der Waals surface area contributed by atoms with Crippen molar-refractivity contribution < 1.29 is 14.3 Å². The largest absolute Gasteiger partial charge is 0.453 e. The summed E-state index contributed by atoms with van der Waals surface area (Å²) >= 11 is 0. The second-order valence-corrected chi connectivity index (χ2v) is 8.71. The van der Waals surface area contributed by atoms with Crippen molar-refractivity contribution in [2.45, 2.75) is 43.7 Å². The molecule has 1 aliphatic carbocycles. The number of ether oxygens (including phenoxy) is 1. The average Bonchev–Trinajstić information content (AvgIpc) is 3.31. The molecule has 180 valence electrons. The van der Waals surface area contributed by atoms with Crippen LogP contribution in [0.2, 0.25) is 0 Å². The maximum atomic E-state index is 12.0. The van der Waals surface area contributed by atoms with E-state index in [1.165, 1.54) is 13.3 Å². The Balaban J connectivity index is 1.54. The smallest absolute Gasteiger partial charge is 0.412 e. The third kappa shape index (κ3) is 5.11. The molecule has 3 aromatic rings. The van der Waals surface area contributed by atoms with Gasteiger partial charge in [0.25, 0.3) is 5.91 Å². The zero-order valence-corrected chi connectivity index (χ0v) is 19.5. The van der Waals surface area contributed by atoms with Crippen molar-refractivity contribution in [2.75, 3.05) is 17.7 Å². The molecule has 4 rings (SSSR count). The number of nitrogens with two attached hydrogens (primary N) is 1. The first-order valence-electron chi connectivity index (χ1n) is 11.5. The first-order valence-corrected chi connectivity index (χ1v) is 11.5. The zero-order chi connectivity index (χ0) is 24.8. The number of nitriles is 1. The number of methoxy groups -OCH3 is 1. The number of amides is 2. The van der Waals surface area contributed by atoms with Crippen LogP contribution in [0.1, 0.15) is 42.5 Å². The van der Waals surface area contributed by atoms with Gasteiger partial charge >= 0.3 is 6.09 Å². The van der Waals surface area contributed by atoms with Gasteiger partial charge in [-0.15, -0.1) is 0 Å². The number of hydrogen-bond donors (Lipinski definition) is 3. The molecule has 1 aliphatic rings. The molecular formula is C26H28N6O3. The number of carbonyl (C=O) groups is 2. The van der Waals surface area contributed by atoms with Gasteiger partial charge in [0.1, 0.15) is 5.56 Å². The first-order chi connectivity index (χ1) is 17.0. The molecule has 0 bridgehead atoms. The van der Waals surface area contributed by atoms with E-state index < -0.39 is 17.5 Å². The highest BCUT2D eigenvalue weighted by Gasteiger charge is 2.39. The SMILES string of the molecule is COC(=O)Nc1nn(C2(CC#N)CCC(Nc3ccccc3-c3ccccc3)CC2)cc1C(N)=O. The molecule has 1 fully saturated rings. The Bertz CT molecular complexity index is 1240. The highest BCUT2D eigenvalue weighted by Crippen LogP contribution is 2.40. The van der Waals surface area contributed by atoms with Crippen LogP contribution < -0.4 is 16.4 Å². The lowest BCUT2D eigenvalue weighted by atomic mass is 9.77. The van der Waals surface area contributed by atoms with Gasteiger partial charge in [-0.3, -0.25) is 14.8 Å². The summed E-state index contributed by atoms with van der Waals surface area (Å²) in [4.78, 5) is 23.7. The normalized spacial score (nSPS) is 19.4. The van der Waals surface area contributed by atoms with Crippen molar-refractivity contribution >= 4 is 23.5 Å². The minimum Gasteiger partial charge on any atom is -0.453 e. The quantitative estimate of drug-likeness (QED) is 0.464. The van der Waals surface area contributed by atoms with Gasteiger partial charge in [0.15, 0.2) is 5.82 Å². The number of benzene rings is 2. The van der Waals surface area contributed by atoms with Crippen molar-refractivity contribution in [3.8, 4) is 17.2 Å². The van der Waals surface area contributed by atoms with Crippen molar-refractivity contribution in [1.82, 2.24) is 9.78 Å². The zero-order valence-electron chi connectivity index (χ0n) is 19.5. The summed E-state index contributed by atoms with van der Waals surface area (Å²) in [7, 11) is 1.22. The van der Waals surface area contributed by atoms with E-state index in [0.717, 1.165) is 29.7 Å². The minimum absolute atomic E-state index is 0.0266. The van der Waals surface area contributed by atoms with E-state index in [1.807, 2.05) is 30.3 Å². The van der Waals surface area contributed by atoms with E-state index in [0.29, 0.717) is 12.8 Å². The maximum absolute atomic E-state index is 12.0. The van der Waals surface area contributed by atoms with Crippen LogP contribution in [0.3, 0.4) is 0 Å². The van der Waals surface area contributed by atoms with E-state index in [2.05, 4.69) is 50.8 Å². The number of nitrogens with zero attached hydrogens (tertiary/aromatic N) is 3. The third-order valence-electron chi connectivity index (χ3n) is 6.57. The second kappa shape index (κ2) is 10.3. The molecule has 1 aromatic heterocycles. The lowest BCUT2D eigenvalue weighted by Gasteiger charge is -2.39. The van der Waals surface area contributed by atoms with Gasteiger partial charge in [0.2, 0.25) is 0 Å². The third-order valence-corrected chi connectivity index (χ3v) is 6.57. The van der Waals surface area contributed by atoms with Gasteiger partial charge < -0.3 is 15.8 Å². The van der Waals surface area contributed by atoms with Crippen LogP contribution in [0.5, 0.6) is 0 Å². The summed E-state index contributed by atoms with van der Waals surface area (Å²) in [6, 6.07) is 20.9. The number of nitrogens with one attached hydrogen (secondary N) is 2. The van der Waals surface area contributed by atoms with Gasteiger partial charge in [-0.2, -0.15) is 10.4 Å². The van der Waals surface area contributed by atoms with Gasteiger partial charge in [0, 0.05) is 23.5 Å². The topological polar surface area (TPSA) is 135 Å². The Morgan fingerprint density at radius 2 is 1.86 bits per heavy atom. The second-order valence-electron chi connectivity index (χ2n) is 8.71. The molecule has 9 nitrogen and oxygen atoms in total. The fourth-order valence-corrected chi connectivity index (χ4v) is 4.67. The highest BCUT2D eigenvalue weighted by atomic mass is 16.5. The lowest BCUT2D eigenvalue weighted by molar-refractivity contribution is 0.100. The predicted molar refractivity (Wildman–Crippen MR) is 133 cm³/mol. The Morgan fingerprint density at radius 1 is 1.17 bits per heavy atom. The standard InChI is InChI=1S/C26H28N6O3/c1-35-25(34)30-24-21(23(28)33)17-32(31-24)26(15-16-27)13-11-19(12-14-26)29-22-10-6-5-9-20(22)18-7-3-2-4-8-18/h2-10,17,19,29H,11-15H2,1H3,(H2,28,33)(H,30,31,34). The van der Waals surface area contributed by atoms with E-state index in [1.54, 1.807) is 4.68 Å². The number of carbonyl (C=O) groups excluding carboxylic acids is 2. The van der Waals surface area contributed by atoms with Gasteiger partial charge in [0.05, 0.1) is 25.1 Å². The molecule has 4 N–H and O–H groups in total. The van der Waals surface area contributed by atoms with Crippen LogP contribution in [-0.4, -0.2) is 34.9 Å². The Labute approximate surface area is 203 Å². The maximum Gasteiger partial charge on any atom is 0.412 e. The lowest BCUT2D eigenvalue weighted by Crippen LogP contribution is -2.41. The molecule has 0 spiro atoms. The Hall–Kier alpha value is -4.32. The molecule has 2 aromatic carbocycles. The highest BCUT2D eigenvalue weighted by molar-refractivity contribution is 6.00. The molecule has 9 heteroatoms. The Kier molecular flexibility index (Phi) is 7.01. The fraction of sp³-hybridized carbons (Fsp3) is 0.308. The molecule has 2 amide bonds. The van der Waals surface area contributed by atoms with Gasteiger partial charge in [-0.05, 0) is 37.3 Å². The van der Waals surface area contributed by atoms with Crippen molar-refractivity contribution in [3.63, 3.8) is 0 Å². The minimum atomic E-state index is -0.753. The summed E-state index contributed by atoms with van der Waals surface area (Å²) in [5.41, 5.74) is 8.32. The van der Waals surface area contributed by atoms with Gasteiger partial charge in [-0.25, -0.2) is 4.79 Å². The number of hydrogen-bond acceptors (Lipinski definition) is 6. The number of rotatable bonds is 7. The van der Waals surface area contributed by atoms with Crippen molar-refractivity contribution in [1.29, 1.82) is 5.26 Å². The van der Waals surface area contributed by atoms with Crippen molar-refractivity contribution in [2.24, 2.45) is 5.73 Å². The molecule has 0 aliphatic heterocycles. The molecule has 0 atom stereocenters. The molecule has 1 heterocycles. The summed E-state index contributed by atoms with van der Waals surface area (Å²) in [6.07, 6.45) is 3.93. The van der Waals surface area contributed by atoms with Crippen LogP contribution >= 0.6 is 0 Å². The first kappa shape index (κ1) is 23.8. The Morgan fingerprint density at radius 3 is 2.51 bits per heavy atom. The van der Waals surface area contributed by atoms with E-state index >= 15 is 0 Å². The predicted octanol–water partition coefficient (Wildman–Crippen LogP) is 4.49.